The summed E-state index contributed by atoms with van der Waals surface area (Å²) in [6, 6.07) is 8.74. The van der Waals surface area contributed by atoms with E-state index in [1.807, 2.05) is 51.4 Å². The molecule has 0 radical (unpaired) electrons. The summed E-state index contributed by atoms with van der Waals surface area (Å²) in [7, 11) is 4.04. The van der Waals surface area contributed by atoms with Gasteiger partial charge < -0.3 is 20.7 Å². The maximum atomic E-state index is 12.1. The molecule has 5 heteroatoms. The second kappa shape index (κ2) is 9.50. The van der Waals surface area contributed by atoms with E-state index >= 15 is 0 Å². The Morgan fingerprint density at radius 2 is 2.00 bits per heavy atom. The molecule has 0 spiro atoms. The van der Waals surface area contributed by atoms with Crippen LogP contribution in [0.3, 0.4) is 0 Å². The normalized spacial score (nSPS) is 14.0. The van der Waals surface area contributed by atoms with E-state index in [9.17, 15) is 4.79 Å². The van der Waals surface area contributed by atoms with Crippen LogP contribution in [0, 0.1) is 0 Å². The minimum absolute atomic E-state index is 0.0179. The van der Waals surface area contributed by atoms with Gasteiger partial charge in [0.15, 0.2) is 0 Å². The fourth-order valence-corrected chi connectivity index (χ4v) is 2.02. The van der Waals surface area contributed by atoms with E-state index in [4.69, 9.17) is 10.5 Å². The average molecular weight is 293 g/mol. The maximum absolute atomic E-state index is 12.1. The van der Waals surface area contributed by atoms with Crippen molar-refractivity contribution < 1.29 is 9.53 Å². The highest BCUT2D eigenvalue weighted by molar-refractivity contribution is 5.82. The second-order valence-corrected chi connectivity index (χ2v) is 5.30. The van der Waals surface area contributed by atoms with Gasteiger partial charge in [0, 0.05) is 19.7 Å². The lowest BCUT2D eigenvalue weighted by atomic mass is 10.1. The molecule has 21 heavy (non-hydrogen) atoms. The molecule has 0 aliphatic heterocycles. The summed E-state index contributed by atoms with van der Waals surface area (Å²) >= 11 is 0. The Morgan fingerprint density at radius 1 is 1.33 bits per heavy atom. The van der Waals surface area contributed by atoms with Gasteiger partial charge in [-0.1, -0.05) is 30.3 Å². The van der Waals surface area contributed by atoms with Gasteiger partial charge in [0.1, 0.15) is 6.04 Å². The van der Waals surface area contributed by atoms with Gasteiger partial charge in [-0.3, -0.25) is 4.79 Å². The summed E-state index contributed by atoms with van der Waals surface area (Å²) in [5.41, 5.74) is 6.78. The molecule has 2 atom stereocenters. The number of hydrogen-bond donors (Lipinski definition) is 2. The Bertz CT molecular complexity index is 409. The molecule has 5 nitrogen and oxygen atoms in total. The van der Waals surface area contributed by atoms with Crippen LogP contribution in [0.15, 0.2) is 30.3 Å². The Hall–Kier alpha value is -1.43. The number of benzene rings is 1. The Morgan fingerprint density at radius 3 is 2.57 bits per heavy atom. The molecular weight excluding hydrogens is 266 g/mol. The van der Waals surface area contributed by atoms with Crippen LogP contribution in [-0.4, -0.2) is 50.7 Å². The lowest BCUT2D eigenvalue weighted by Gasteiger charge is -2.21. The summed E-state index contributed by atoms with van der Waals surface area (Å²) in [5.74, 6) is -0.171. The summed E-state index contributed by atoms with van der Waals surface area (Å²) < 4.78 is 5.65. The van der Waals surface area contributed by atoms with E-state index in [-0.39, 0.29) is 12.0 Å². The molecule has 118 valence electrons. The molecule has 0 heterocycles. The third kappa shape index (κ3) is 6.71. The first-order valence-corrected chi connectivity index (χ1v) is 7.39. The third-order valence-corrected chi connectivity index (χ3v) is 3.25. The van der Waals surface area contributed by atoms with E-state index in [0.717, 1.165) is 18.5 Å². The van der Waals surface area contributed by atoms with Crippen LogP contribution in [0.2, 0.25) is 0 Å². The lowest BCUT2D eigenvalue weighted by molar-refractivity contribution is -0.123. The molecule has 1 aromatic rings. The van der Waals surface area contributed by atoms with E-state index in [1.165, 1.54) is 0 Å². The largest absolute Gasteiger partial charge is 0.377 e. The highest BCUT2D eigenvalue weighted by Crippen LogP contribution is 2.09. The number of hydrogen-bond acceptors (Lipinski definition) is 4. The van der Waals surface area contributed by atoms with Crippen molar-refractivity contribution in [3.8, 4) is 0 Å². The number of carbonyl (C=O) groups is 1. The zero-order chi connectivity index (χ0) is 15.7. The summed E-state index contributed by atoms with van der Waals surface area (Å²) in [5, 5.41) is 2.88. The molecule has 0 bridgehead atoms. The number of carbonyl (C=O) groups excluding carboxylic acids is 1. The van der Waals surface area contributed by atoms with Crippen molar-refractivity contribution in [2.45, 2.75) is 25.5 Å². The van der Waals surface area contributed by atoms with Gasteiger partial charge in [-0.25, -0.2) is 0 Å². The lowest BCUT2D eigenvalue weighted by Crippen LogP contribution is -2.40. The molecule has 1 aromatic carbocycles. The van der Waals surface area contributed by atoms with Gasteiger partial charge in [-0.15, -0.1) is 0 Å². The summed E-state index contributed by atoms with van der Waals surface area (Å²) in [6.45, 7) is 4.01. The standard InChI is InChI=1S/C16H27N3O2/c1-4-21-14(10-11-19(2)3)12-18-16(20)15(17)13-8-6-5-7-9-13/h5-9,14-15H,4,10-12,17H2,1-3H3,(H,18,20). The predicted molar refractivity (Wildman–Crippen MR) is 85.0 cm³/mol. The maximum Gasteiger partial charge on any atom is 0.241 e. The van der Waals surface area contributed by atoms with Crippen molar-refractivity contribution >= 4 is 5.91 Å². The van der Waals surface area contributed by atoms with Crippen molar-refractivity contribution in [3.05, 3.63) is 35.9 Å². The summed E-state index contributed by atoms with van der Waals surface area (Å²) in [6.07, 6.45) is 0.895. The molecule has 0 aliphatic carbocycles. The van der Waals surface area contributed by atoms with Crippen LogP contribution in [0.1, 0.15) is 24.9 Å². The van der Waals surface area contributed by atoms with Gasteiger partial charge in [0.2, 0.25) is 5.91 Å². The molecule has 1 amide bonds. The molecule has 0 aromatic heterocycles. The Labute approximate surface area is 127 Å². The Kier molecular flexibility index (Phi) is 7.97. The first-order valence-electron chi connectivity index (χ1n) is 7.39. The molecule has 0 aliphatic rings. The van der Waals surface area contributed by atoms with Crippen LogP contribution in [0.4, 0.5) is 0 Å². The zero-order valence-electron chi connectivity index (χ0n) is 13.2. The quantitative estimate of drug-likeness (QED) is 0.717. The number of nitrogens with two attached hydrogens (primary N) is 1. The number of nitrogens with zero attached hydrogens (tertiary/aromatic N) is 1. The number of rotatable bonds is 9. The highest BCUT2D eigenvalue weighted by atomic mass is 16.5. The van der Waals surface area contributed by atoms with E-state index < -0.39 is 6.04 Å². The van der Waals surface area contributed by atoms with Gasteiger partial charge >= 0.3 is 0 Å². The van der Waals surface area contributed by atoms with Gasteiger partial charge in [0.25, 0.3) is 0 Å². The SMILES string of the molecule is CCOC(CCN(C)C)CNC(=O)C(N)c1ccccc1. The summed E-state index contributed by atoms with van der Waals surface area (Å²) in [4.78, 5) is 14.2. The van der Waals surface area contributed by atoms with Crippen molar-refractivity contribution in [2.75, 3.05) is 33.8 Å². The minimum atomic E-state index is -0.637. The fraction of sp³-hybridized carbons (Fsp3) is 0.562. The average Bonchev–Trinajstić information content (AvgIpc) is 2.49. The first-order chi connectivity index (χ1) is 10.0. The molecule has 0 saturated carbocycles. The molecule has 3 N–H and O–H groups in total. The second-order valence-electron chi connectivity index (χ2n) is 5.30. The minimum Gasteiger partial charge on any atom is -0.377 e. The van der Waals surface area contributed by atoms with Crippen LogP contribution < -0.4 is 11.1 Å². The van der Waals surface area contributed by atoms with E-state index in [1.54, 1.807) is 0 Å². The van der Waals surface area contributed by atoms with Crippen molar-refractivity contribution in [3.63, 3.8) is 0 Å². The number of ether oxygens (including phenoxy) is 1. The van der Waals surface area contributed by atoms with Crippen LogP contribution in [0.25, 0.3) is 0 Å². The van der Waals surface area contributed by atoms with Crippen LogP contribution in [-0.2, 0) is 9.53 Å². The molecule has 0 fully saturated rings. The van der Waals surface area contributed by atoms with Gasteiger partial charge in [-0.05, 0) is 33.0 Å². The predicted octanol–water partition coefficient (Wildman–Crippen LogP) is 1.16. The van der Waals surface area contributed by atoms with Crippen molar-refractivity contribution in [2.24, 2.45) is 5.73 Å². The molecular formula is C16H27N3O2. The number of amides is 1. The van der Waals surface area contributed by atoms with Crippen LogP contribution >= 0.6 is 0 Å². The van der Waals surface area contributed by atoms with Gasteiger partial charge in [-0.2, -0.15) is 0 Å². The molecule has 0 saturated heterocycles. The van der Waals surface area contributed by atoms with Crippen molar-refractivity contribution in [1.82, 2.24) is 10.2 Å². The van der Waals surface area contributed by atoms with Gasteiger partial charge in [0.05, 0.1) is 6.10 Å². The highest BCUT2D eigenvalue weighted by Gasteiger charge is 2.17. The molecule has 1 rings (SSSR count). The third-order valence-electron chi connectivity index (χ3n) is 3.25. The zero-order valence-corrected chi connectivity index (χ0v) is 13.2. The number of nitrogens with one attached hydrogen (secondary N) is 1. The van der Waals surface area contributed by atoms with Crippen molar-refractivity contribution in [1.29, 1.82) is 0 Å². The first kappa shape index (κ1) is 17.6. The monoisotopic (exact) mass is 293 g/mol. The smallest absolute Gasteiger partial charge is 0.241 e. The van der Waals surface area contributed by atoms with Crippen LogP contribution in [0.5, 0.6) is 0 Å². The topological polar surface area (TPSA) is 67.6 Å². The molecule has 2 unspecified atom stereocenters. The van der Waals surface area contributed by atoms with E-state index in [2.05, 4.69) is 10.2 Å². The fourth-order valence-electron chi connectivity index (χ4n) is 2.02. The Balaban J connectivity index is 2.45. The van der Waals surface area contributed by atoms with E-state index in [0.29, 0.717) is 13.2 Å².